The second-order valence-corrected chi connectivity index (χ2v) is 6.17. The van der Waals surface area contributed by atoms with Crippen LogP contribution in [0.4, 0.5) is 5.69 Å². The Morgan fingerprint density at radius 3 is 2.95 bits per heavy atom. The van der Waals surface area contributed by atoms with Gasteiger partial charge in [-0.3, -0.25) is 4.79 Å². The Hall–Kier alpha value is -1.33. The van der Waals surface area contributed by atoms with E-state index >= 15 is 0 Å². The standard InChI is InChI=1S/C15H21ClN4O/c1-2-8-20-15(21)14(16)13(9-18-20)19(12-5-6-12)10-11-4-3-7-17-11/h2,9,11-12,17H,1,3-8,10H2. The maximum atomic E-state index is 12.2. The highest BCUT2D eigenvalue weighted by Crippen LogP contribution is 2.34. The Balaban J connectivity index is 1.86. The predicted octanol–water partition coefficient (Wildman–Crippen LogP) is 1.80. The van der Waals surface area contributed by atoms with Crippen molar-refractivity contribution >= 4 is 17.3 Å². The van der Waals surface area contributed by atoms with E-state index in [1.165, 1.54) is 30.4 Å². The highest BCUT2D eigenvalue weighted by molar-refractivity contribution is 6.33. The number of aromatic nitrogens is 2. The zero-order chi connectivity index (χ0) is 14.8. The monoisotopic (exact) mass is 308 g/mol. The molecule has 0 amide bonds. The Bertz CT molecular complexity index is 576. The van der Waals surface area contributed by atoms with Gasteiger partial charge in [0.15, 0.2) is 0 Å². The molecule has 1 aliphatic carbocycles. The summed E-state index contributed by atoms with van der Waals surface area (Å²) >= 11 is 6.32. The molecule has 21 heavy (non-hydrogen) atoms. The van der Waals surface area contributed by atoms with Crippen molar-refractivity contribution in [2.24, 2.45) is 0 Å². The van der Waals surface area contributed by atoms with Crippen molar-refractivity contribution in [3.63, 3.8) is 0 Å². The molecule has 0 radical (unpaired) electrons. The number of hydrogen-bond acceptors (Lipinski definition) is 4. The van der Waals surface area contributed by atoms with Gasteiger partial charge in [-0.25, -0.2) is 4.68 Å². The van der Waals surface area contributed by atoms with Crippen LogP contribution in [0.1, 0.15) is 25.7 Å². The molecule has 5 nitrogen and oxygen atoms in total. The van der Waals surface area contributed by atoms with Crippen LogP contribution >= 0.6 is 11.6 Å². The van der Waals surface area contributed by atoms with Crippen LogP contribution in [0, 0.1) is 0 Å². The maximum Gasteiger partial charge on any atom is 0.287 e. The molecular weight excluding hydrogens is 288 g/mol. The van der Waals surface area contributed by atoms with E-state index in [9.17, 15) is 4.79 Å². The zero-order valence-electron chi connectivity index (χ0n) is 12.1. The lowest BCUT2D eigenvalue weighted by Crippen LogP contribution is -2.40. The van der Waals surface area contributed by atoms with Gasteiger partial charge in [0.2, 0.25) is 0 Å². The van der Waals surface area contributed by atoms with Crippen LogP contribution in [0.25, 0.3) is 0 Å². The van der Waals surface area contributed by atoms with Crippen LogP contribution in [0.3, 0.4) is 0 Å². The molecule has 1 aromatic rings. The van der Waals surface area contributed by atoms with E-state index in [-0.39, 0.29) is 10.6 Å². The molecule has 6 heteroatoms. The lowest BCUT2D eigenvalue weighted by Gasteiger charge is -2.28. The third kappa shape index (κ3) is 3.14. The van der Waals surface area contributed by atoms with Gasteiger partial charge in [0.05, 0.1) is 18.4 Å². The molecule has 1 saturated heterocycles. The summed E-state index contributed by atoms with van der Waals surface area (Å²) in [5.74, 6) is 0. The van der Waals surface area contributed by atoms with E-state index < -0.39 is 0 Å². The molecule has 114 valence electrons. The van der Waals surface area contributed by atoms with E-state index in [4.69, 9.17) is 11.6 Å². The average Bonchev–Trinajstić information content (AvgIpc) is 3.20. The molecule has 2 aliphatic rings. The Morgan fingerprint density at radius 2 is 2.33 bits per heavy atom. The normalized spacial score (nSPS) is 21.5. The van der Waals surface area contributed by atoms with Crippen LogP contribution < -0.4 is 15.8 Å². The smallest absolute Gasteiger partial charge is 0.287 e. The molecule has 0 spiro atoms. The van der Waals surface area contributed by atoms with Gasteiger partial charge >= 0.3 is 0 Å². The number of anilines is 1. The summed E-state index contributed by atoms with van der Waals surface area (Å²) in [6.45, 7) is 5.99. The minimum absolute atomic E-state index is 0.237. The zero-order valence-corrected chi connectivity index (χ0v) is 12.9. The fourth-order valence-electron chi connectivity index (χ4n) is 2.89. The van der Waals surface area contributed by atoms with E-state index in [1.54, 1.807) is 12.3 Å². The van der Waals surface area contributed by atoms with Gasteiger partial charge in [-0.15, -0.1) is 6.58 Å². The van der Waals surface area contributed by atoms with Gasteiger partial charge in [0.1, 0.15) is 5.02 Å². The average molecular weight is 309 g/mol. The first-order valence-electron chi connectivity index (χ1n) is 7.57. The number of nitrogens with one attached hydrogen (secondary N) is 1. The van der Waals surface area contributed by atoms with Crippen LogP contribution in [-0.4, -0.2) is 35.0 Å². The van der Waals surface area contributed by atoms with E-state index in [2.05, 4.69) is 21.9 Å². The first-order chi connectivity index (χ1) is 10.2. The Labute approximate surface area is 129 Å². The molecule has 2 fully saturated rings. The number of rotatable bonds is 6. The largest absolute Gasteiger partial charge is 0.364 e. The molecule has 1 atom stereocenters. The van der Waals surface area contributed by atoms with Crippen LogP contribution in [0.5, 0.6) is 0 Å². The summed E-state index contributed by atoms with van der Waals surface area (Å²) < 4.78 is 1.34. The molecule has 1 saturated carbocycles. The quantitative estimate of drug-likeness (QED) is 0.814. The fourth-order valence-corrected chi connectivity index (χ4v) is 3.14. The summed E-state index contributed by atoms with van der Waals surface area (Å²) in [5, 5.41) is 8.00. The molecule has 1 aliphatic heterocycles. The molecule has 0 bridgehead atoms. The first-order valence-corrected chi connectivity index (χ1v) is 7.95. The minimum Gasteiger partial charge on any atom is -0.364 e. The van der Waals surface area contributed by atoms with Gasteiger partial charge in [0.25, 0.3) is 5.56 Å². The minimum atomic E-state index is -0.237. The van der Waals surface area contributed by atoms with E-state index in [1.807, 2.05) is 0 Å². The number of hydrogen-bond donors (Lipinski definition) is 1. The predicted molar refractivity (Wildman–Crippen MR) is 85.1 cm³/mol. The maximum absolute atomic E-state index is 12.2. The van der Waals surface area contributed by atoms with Crippen molar-refractivity contribution < 1.29 is 0 Å². The molecule has 1 N–H and O–H groups in total. The Kier molecular flexibility index (Phi) is 4.31. The van der Waals surface area contributed by atoms with Crippen molar-refractivity contribution in [1.29, 1.82) is 0 Å². The lowest BCUT2D eigenvalue weighted by molar-refractivity contribution is 0.574. The summed E-state index contributed by atoms with van der Waals surface area (Å²) in [4.78, 5) is 14.5. The molecule has 0 aromatic carbocycles. The van der Waals surface area contributed by atoms with Crippen molar-refractivity contribution in [3.05, 3.63) is 34.2 Å². The first kappa shape index (κ1) is 14.6. The second kappa shape index (κ2) is 6.20. The molecule has 3 rings (SSSR count). The van der Waals surface area contributed by atoms with Crippen molar-refractivity contribution in [2.75, 3.05) is 18.0 Å². The highest BCUT2D eigenvalue weighted by atomic mass is 35.5. The van der Waals surface area contributed by atoms with Gasteiger partial charge in [-0.05, 0) is 32.2 Å². The van der Waals surface area contributed by atoms with Crippen molar-refractivity contribution in [1.82, 2.24) is 15.1 Å². The fraction of sp³-hybridized carbons (Fsp3) is 0.600. The Morgan fingerprint density at radius 1 is 1.52 bits per heavy atom. The lowest BCUT2D eigenvalue weighted by atomic mass is 10.2. The van der Waals surface area contributed by atoms with Crippen molar-refractivity contribution in [2.45, 2.75) is 44.3 Å². The topological polar surface area (TPSA) is 50.2 Å². The van der Waals surface area contributed by atoms with Gasteiger partial charge in [-0.2, -0.15) is 5.10 Å². The van der Waals surface area contributed by atoms with E-state index in [0.29, 0.717) is 18.6 Å². The van der Waals surface area contributed by atoms with Crippen molar-refractivity contribution in [3.8, 4) is 0 Å². The van der Waals surface area contributed by atoms with Crippen LogP contribution in [-0.2, 0) is 6.54 Å². The highest BCUT2D eigenvalue weighted by Gasteiger charge is 2.33. The second-order valence-electron chi connectivity index (χ2n) is 5.80. The van der Waals surface area contributed by atoms with Crippen LogP contribution in [0.2, 0.25) is 5.02 Å². The summed E-state index contributed by atoms with van der Waals surface area (Å²) in [7, 11) is 0. The molecular formula is C15H21ClN4O. The third-order valence-electron chi connectivity index (χ3n) is 4.15. The van der Waals surface area contributed by atoms with Crippen LogP contribution in [0.15, 0.2) is 23.6 Å². The molecule has 1 aromatic heterocycles. The SMILES string of the molecule is C=CCn1ncc(N(CC2CCCN2)C2CC2)c(Cl)c1=O. The van der Waals surface area contributed by atoms with Gasteiger partial charge < -0.3 is 10.2 Å². The summed E-state index contributed by atoms with van der Waals surface area (Å²) in [6.07, 6.45) is 8.10. The number of halogens is 1. The van der Waals surface area contributed by atoms with Gasteiger partial charge in [-0.1, -0.05) is 17.7 Å². The van der Waals surface area contributed by atoms with E-state index in [0.717, 1.165) is 18.8 Å². The van der Waals surface area contributed by atoms with Gasteiger partial charge in [0, 0.05) is 18.6 Å². The molecule has 2 heterocycles. The number of nitrogens with zero attached hydrogens (tertiary/aromatic N) is 3. The number of allylic oxidation sites excluding steroid dienone is 1. The summed E-state index contributed by atoms with van der Waals surface area (Å²) in [5.41, 5.74) is 0.539. The third-order valence-corrected chi connectivity index (χ3v) is 4.50. The molecule has 1 unspecified atom stereocenters. The summed E-state index contributed by atoms with van der Waals surface area (Å²) in [6, 6.07) is 0.985.